The van der Waals surface area contributed by atoms with E-state index in [0.29, 0.717) is 30.4 Å². The molecular weight excluding hydrogens is 417 g/mol. The number of likely N-dealkylation sites (tertiary alicyclic amines) is 1. The predicted molar refractivity (Wildman–Crippen MR) is 120 cm³/mol. The summed E-state index contributed by atoms with van der Waals surface area (Å²) in [7, 11) is 0. The molecule has 1 aromatic carbocycles. The first-order chi connectivity index (χ1) is 14.7. The Morgan fingerprint density at radius 1 is 1.19 bits per heavy atom. The maximum Gasteiger partial charge on any atom is 0.410 e. The molecule has 1 aliphatic heterocycles. The van der Waals surface area contributed by atoms with Crippen molar-refractivity contribution in [2.24, 2.45) is 0 Å². The van der Waals surface area contributed by atoms with Crippen LogP contribution in [0.2, 0.25) is 0 Å². The van der Waals surface area contributed by atoms with Crippen molar-refractivity contribution in [2.45, 2.75) is 45.1 Å². The summed E-state index contributed by atoms with van der Waals surface area (Å²) in [5.41, 5.74) is 6.30. The lowest BCUT2D eigenvalue weighted by Gasteiger charge is -2.33. The molecule has 0 saturated carbocycles. The molecule has 164 valence electrons. The van der Waals surface area contributed by atoms with Crippen molar-refractivity contribution in [3.63, 3.8) is 0 Å². The second kappa shape index (κ2) is 8.34. The Labute approximate surface area is 184 Å². The maximum absolute atomic E-state index is 14.2. The number of hydrogen-bond donors (Lipinski definition) is 1. The lowest BCUT2D eigenvalue weighted by Crippen LogP contribution is -2.41. The number of fused-ring (bicyclic) bond motifs is 1. The van der Waals surface area contributed by atoms with Gasteiger partial charge in [0.25, 0.3) is 0 Å². The third-order valence-corrected chi connectivity index (χ3v) is 6.42. The molecule has 1 fully saturated rings. The third-order valence-electron chi connectivity index (χ3n) is 5.12. The first-order valence-corrected chi connectivity index (χ1v) is 11.1. The molecule has 0 bridgehead atoms. The molecule has 8 heteroatoms. The van der Waals surface area contributed by atoms with Gasteiger partial charge < -0.3 is 20.1 Å². The monoisotopic (exact) mass is 443 g/mol. The van der Waals surface area contributed by atoms with Crippen molar-refractivity contribution in [3.05, 3.63) is 47.2 Å². The Balaban J connectivity index is 1.49. The molecular formula is C23H26FN3O3S. The Morgan fingerprint density at radius 3 is 2.61 bits per heavy atom. The summed E-state index contributed by atoms with van der Waals surface area (Å²) in [5, 5.41) is 0. The summed E-state index contributed by atoms with van der Waals surface area (Å²) in [6.07, 6.45) is 3.11. The van der Waals surface area contributed by atoms with Gasteiger partial charge in [-0.25, -0.2) is 9.18 Å². The molecule has 0 spiro atoms. The largest absolute Gasteiger partial charge is 0.453 e. The second-order valence-corrected chi connectivity index (χ2v) is 9.79. The molecule has 1 saturated heterocycles. The van der Waals surface area contributed by atoms with Crippen molar-refractivity contribution in [1.82, 2.24) is 9.88 Å². The molecule has 3 aromatic rings. The molecule has 0 aliphatic carbocycles. The topological polar surface area (TPSA) is 77.7 Å². The van der Waals surface area contributed by atoms with E-state index >= 15 is 0 Å². The zero-order valence-corrected chi connectivity index (χ0v) is 18.7. The molecule has 31 heavy (non-hydrogen) atoms. The van der Waals surface area contributed by atoms with Gasteiger partial charge in [0.2, 0.25) is 0 Å². The van der Waals surface area contributed by atoms with E-state index in [-0.39, 0.29) is 11.8 Å². The van der Waals surface area contributed by atoms with Gasteiger partial charge in [0, 0.05) is 42.0 Å². The number of nitrogen functional groups attached to an aromatic ring is 1. The number of carbonyl (C=O) groups is 1. The standard InChI is InChI=1S/C23H26FN3O3S/c1-23(2,3)30-22(28)27-10-7-14(8-11-27)20-13-17-21(31-20)19(6-9-26-17)29-18-5-4-15(25)12-16(18)24/h4-6,9,12-14H,7-8,10-11,25H2,1-3H3. The van der Waals surface area contributed by atoms with E-state index < -0.39 is 11.4 Å². The molecule has 2 N–H and O–H groups in total. The van der Waals surface area contributed by atoms with Gasteiger partial charge in [-0.3, -0.25) is 4.98 Å². The summed E-state index contributed by atoms with van der Waals surface area (Å²) in [6, 6.07) is 8.18. The van der Waals surface area contributed by atoms with Gasteiger partial charge in [0.05, 0.1) is 10.2 Å². The predicted octanol–water partition coefficient (Wildman–Crippen LogP) is 5.92. The Kier molecular flexibility index (Phi) is 5.75. The Hall–Kier alpha value is -2.87. The van der Waals surface area contributed by atoms with Gasteiger partial charge in [-0.15, -0.1) is 11.3 Å². The zero-order chi connectivity index (χ0) is 22.2. The van der Waals surface area contributed by atoms with Crippen molar-refractivity contribution < 1.29 is 18.7 Å². The van der Waals surface area contributed by atoms with Crippen LogP contribution in [0.4, 0.5) is 14.9 Å². The lowest BCUT2D eigenvalue weighted by atomic mass is 9.95. The van der Waals surface area contributed by atoms with Gasteiger partial charge >= 0.3 is 6.09 Å². The highest BCUT2D eigenvalue weighted by atomic mass is 32.1. The van der Waals surface area contributed by atoms with Crippen LogP contribution in [0.25, 0.3) is 10.2 Å². The smallest absolute Gasteiger partial charge is 0.410 e. The molecule has 4 rings (SSSR count). The normalized spacial score (nSPS) is 15.3. The number of halogens is 1. The van der Waals surface area contributed by atoms with Crippen LogP contribution in [-0.4, -0.2) is 34.7 Å². The Morgan fingerprint density at radius 2 is 1.94 bits per heavy atom. The number of anilines is 1. The van der Waals surface area contributed by atoms with E-state index in [1.165, 1.54) is 17.0 Å². The highest BCUT2D eigenvalue weighted by Crippen LogP contribution is 2.41. The van der Waals surface area contributed by atoms with Gasteiger partial charge in [-0.1, -0.05) is 0 Å². The van der Waals surface area contributed by atoms with Crippen molar-refractivity contribution in [1.29, 1.82) is 0 Å². The summed E-state index contributed by atoms with van der Waals surface area (Å²) in [4.78, 5) is 19.7. The van der Waals surface area contributed by atoms with Gasteiger partial charge in [0.15, 0.2) is 11.6 Å². The van der Waals surface area contributed by atoms with Crippen LogP contribution in [0, 0.1) is 5.82 Å². The van der Waals surface area contributed by atoms with Crippen molar-refractivity contribution in [2.75, 3.05) is 18.8 Å². The highest BCUT2D eigenvalue weighted by molar-refractivity contribution is 7.19. The number of ether oxygens (including phenoxy) is 2. The van der Waals surface area contributed by atoms with Crippen LogP contribution in [0.5, 0.6) is 11.5 Å². The lowest BCUT2D eigenvalue weighted by molar-refractivity contribution is 0.0205. The average molecular weight is 444 g/mol. The molecule has 6 nitrogen and oxygen atoms in total. The molecule has 3 heterocycles. The average Bonchev–Trinajstić information content (AvgIpc) is 3.14. The third kappa shape index (κ3) is 4.90. The number of pyridine rings is 1. The molecule has 0 unspecified atom stereocenters. The van der Waals surface area contributed by atoms with Crippen LogP contribution in [-0.2, 0) is 4.74 Å². The number of hydrogen-bond acceptors (Lipinski definition) is 6. The highest BCUT2D eigenvalue weighted by Gasteiger charge is 2.28. The van der Waals surface area contributed by atoms with E-state index in [1.54, 1.807) is 34.6 Å². The number of carbonyl (C=O) groups excluding carboxylic acids is 1. The van der Waals surface area contributed by atoms with Gasteiger partial charge in [-0.05, 0) is 57.7 Å². The number of piperidine rings is 1. The fraction of sp³-hybridized carbons (Fsp3) is 0.391. The minimum Gasteiger partial charge on any atom is -0.453 e. The maximum atomic E-state index is 14.2. The summed E-state index contributed by atoms with van der Waals surface area (Å²) in [6.45, 7) is 6.93. The number of benzene rings is 1. The first-order valence-electron chi connectivity index (χ1n) is 10.3. The number of nitrogens with zero attached hydrogens (tertiary/aromatic N) is 2. The zero-order valence-electron chi connectivity index (χ0n) is 17.9. The minimum atomic E-state index is -0.503. The van der Waals surface area contributed by atoms with Crippen LogP contribution < -0.4 is 10.5 Å². The van der Waals surface area contributed by atoms with E-state index in [2.05, 4.69) is 11.1 Å². The van der Waals surface area contributed by atoms with Gasteiger partial charge in [0.1, 0.15) is 11.4 Å². The molecule has 0 atom stereocenters. The number of rotatable bonds is 3. The van der Waals surface area contributed by atoms with E-state index in [4.69, 9.17) is 15.2 Å². The second-order valence-electron chi connectivity index (χ2n) is 8.71. The van der Waals surface area contributed by atoms with E-state index in [0.717, 1.165) is 23.1 Å². The van der Waals surface area contributed by atoms with Crippen molar-refractivity contribution >= 4 is 33.3 Å². The summed E-state index contributed by atoms with van der Waals surface area (Å²) in [5.74, 6) is 0.522. The number of aromatic nitrogens is 1. The number of amides is 1. The minimum absolute atomic E-state index is 0.127. The van der Waals surface area contributed by atoms with Crippen LogP contribution in [0.3, 0.4) is 0 Å². The number of thiophene rings is 1. The number of nitrogens with two attached hydrogens (primary N) is 1. The Bertz CT molecular complexity index is 1100. The molecule has 0 radical (unpaired) electrons. The fourth-order valence-electron chi connectivity index (χ4n) is 3.61. The SMILES string of the molecule is CC(C)(C)OC(=O)N1CCC(c2cc3nccc(Oc4ccc(N)cc4F)c3s2)CC1. The fourth-order valence-corrected chi connectivity index (χ4v) is 4.84. The van der Waals surface area contributed by atoms with Crippen LogP contribution >= 0.6 is 11.3 Å². The van der Waals surface area contributed by atoms with E-state index in [1.807, 2.05) is 20.8 Å². The summed E-state index contributed by atoms with van der Waals surface area (Å²) < 4.78 is 26.4. The van der Waals surface area contributed by atoms with Crippen LogP contribution in [0.1, 0.15) is 44.4 Å². The summed E-state index contributed by atoms with van der Waals surface area (Å²) >= 11 is 1.61. The molecule has 1 aliphatic rings. The molecule has 1 amide bonds. The van der Waals surface area contributed by atoms with Gasteiger partial charge in [-0.2, -0.15) is 0 Å². The quantitative estimate of drug-likeness (QED) is 0.508. The van der Waals surface area contributed by atoms with Crippen molar-refractivity contribution in [3.8, 4) is 11.5 Å². The first kappa shape index (κ1) is 21.4. The molecule has 2 aromatic heterocycles. The van der Waals surface area contributed by atoms with E-state index in [9.17, 15) is 9.18 Å². The van der Waals surface area contributed by atoms with Crippen LogP contribution in [0.15, 0.2) is 36.5 Å².